The molecule has 5 nitrogen and oxygen atoms in total. The highest BCUT2D eigenvalue weighted by Gasteiger charge is 2.09. The van der Waals surface area contributed by atoms with Crippen molar-refractivity contribution in [2.45, 2.75) is 13.5 Å². The van der Waals surface area contributed by atoms with Gasteiger partial charge >= 0.3 is 0 Å². The summed E-state index contributed by atoms with van der Waals surface area (Å²) in [7, 11) is 0. The van der Waals surface area contributed by atoms with Crippen molar-refractivity contribution in [3.8, 4) is 5.75 Å². The molecule has 0 fully saturated rings. The van der Waals surface area contributed by atoms with Crippen molar-refractivity contribution in [1.82, 2.24) is 9.97 Å². The van der Waals surface area contributed by atoms with Gasteiger partial charge in [0.25, 0.3) is 0 Å². The topological polar surface area (TPSA) is 87.0 Å². The van der Waals surface area contributed by atoms with E-state index in [1.807, 2.05) is 37.3 Å². The Labute approximate surface area is 132 Å². The van der Waals surface area contributed by atoms with Crippen molar-refractivity contribution in [2.24, 2.45) is 0 Å². The van der Waals surface area contributed by atoms with Crippen LogP contribution < -0.4 is 16.2 Å². The molecule has 0 saturated carbocycles. The summed E-state index contributed by atoms with van der Waals surface area (Å²) in [6.45, 7) is 2.31. The van der Waals surface area contributed by atoms with Crippen molar-refractivity contribution in [1.29, 1.82) is 0 Å². The molecule has 22 heavy (non-hydrogen) atoms. The summed E-state index contributed by atoms with van der Waals surface area (Å²) in [6.07, 6.45) is 0. The molecule has 0 aliphatic rings. The van der Waals surface area contributed by atoms with Gasteiger partial charge in [-0.05, 0) is 36.8 Å². The number of halogens is 1. The van der Waals surface area contributed by atoms with Gasteiger partial charge in [-0.1, -0.05) is 23.7 Å². The predicted molar refractivity (Wildman–Crippen MR) is 88.9 cm³/mol. The van der Waals surface area contributed by atoms with Gasteiger partial charge in [0, 0.05) is 16.0 Å². The summed E-state index contributed by atoms with van der Waals surface area (Å²) in [6, 6.07) is 11.2. The lowest BCUT2D eigenvalue weighted by Gasteiger charge is -2.12. The van der Waals surface area contributed by atoms with Gasteiger partial charge in [0.15, 0.2) is 0 Å². The first kappa shape index (κ1) is 14.4. The molecule has 0 aliphatic heterocycles. The molecule has 1 heterocycles. The Morgan fingerprint density at radius 3 is 2.73 bits per heavy atom. The molecule has 112 valence electrons. The van der Waals surface area contributed by atoms with Gasteiger partial charge < -0.3 is 16.2 Å². The van der Waals surface area contributed by atoms with E-state index in [9.17, 15) is 0 Å². The first-order valence-corrected chi connectivity index (χ1v) is 7.12. The van der Waals surface area contributed by atoms with Crippen LogP contribution in [-0.2, 0) is 6.61 Å². The number of benzene rings is 2. The van der Waals surface area contributed by atoms with Crippen molar-refractivity contribution < 1.29 is 4.74 Å². The molecule has 0 spiro atoms. The Hall–Kier alpha value is -2.53. The zero-order valence-corrected chi connectivity index (χ0v) is 12.8. The van der Waals surface area contributed by atoms with Crippen LogP contribution in [0.15, 0.2) is 36.4 Å². The van der Waals surface area contributed by atoms with Gasteiger partial charge in [-0.2, -0.15) is 4.98 Å². The quantitative estimate of drug-likeness (QED) is 0.774. The van der Waals surface area contributed by atoms with E-state index in [-0.39, 0.29) is 5.95 Å². The summed E-state index contributed by atoms with van der Waals surface area (Å²) < 4.78 is 5.87. The van der Waals surface area contributed by atoms with Crippen LogP contribution in [0, 0.1) is 6.92 Å². The molecule has 2 aromatic carbocycles. The Bertz CT molecular complexity index is 851. The third kappa shape index (κ3) is 2.76. The maximum Gasteiger partial charge on any atom is 0.222 e. The van der Waals surface area contributed by atoms with Gasteiger partial charge in [0.1, 0.15) is 18.2 Å². The minimum atomic E-state index is 0.164. The Kier molecular flexibility index (Phi) is 3.73. The smallest absolute Gasteiger partial charge is 0.222 e. The maximum absolute atomic E-state index is 5.97. The maximum atomic E-state index is 5.97. The molecule has 0 radical (unpaired) electrons. The number of nitrogen functional groups attached to an aromatic ring is 2. The van der Waals surface area contributed by atoms with E-state index >= 15 is 0 Å². The molecule has 3 aromatic rings. The number of nitrogens with two attached hydrogens (primary N) is 2. The van der Waals surface area contributed by atoms with E-state index in [1.54, 1.807) is 6.07 Å². The van der Waals surface area contributed by atoms with E-state index in [0.29, 0.717) is 23.0 Å². The van der Waals surface area contributed by atoms with Crippen LogP contribution in [-0.4, -0.2) is 9.97 Å². The van der Waals surface area contributed by atoms with Gasteiger partial charge in [-0.3, -0.25) is 0 Å². The first-order chi connectivity index (χ1) is 10.5. The Morgan fingerprint density at radius 1 is 1.14 bits per heavy atom. The number of anilines is 2. The monoisotopic (exact) mass is 314 g/mol. The summed E-state index contributed by atoms with van der Waals surface area (Å²) in [4.78, 5) is 8.21. The summed E-state index contributed by atoms with van der Waals surface area (Å²) in [5, 5.41) is 1.45. The second kappa shape index (κ2) is 5.69. The molecule has 3 rings (SSSR count). The lowest BCUT2D eigenvalue weighted by atomic mass is 10.1. The highest BCUT2D eigenvalue weighted by Crippen LogP contribution is 2.26. The molecule has 0 aliphatic carbocycles. The molecule has 1 aromatic heterocycles. The molecular weight excluding hydrogens is 300 g/mol. The zero-order chi connectivity index (χ0) is 15.7. The summed E-state index contributed by atoms with van der Waals surface area (Å²) in [5.41, 5.74) is 14.2. The average Bonchev–Trinajstić information content (AvgIpc) is 2.45. The Balaban J connectivity index is 1.94. The Morgan fingerprint density at radius 2 is 1.95 bits per heavy atom. The van der Waals surface area contributed by atoms with E-state index in [0.717, 1.165) is 22.3 Å². The molecule has 0 bridgehead atoms. The van der Waals surface area contributed by atoms with Gasteiger partial charge in [-0.25, -0.2) is 4.98 Å². The second-order valence-electron chi connectivity index (χ2n) is 4.98. The van der Waals surface area contributed by atoms with Gasteiger partial charge in [0.05, 0.1) is 5.52 Å². The fraction of sp³-hybridized carbons (Fsp3) is 0.125. The van der Waals surface area contributed by atoms with Crippen molar-refractivity contribution in [2.75, 3.05) is 11.5 Å². The molecule has 0 atom stereocenters. The fourth-order valence-electron chi connectivity index (χ4n) is 2.35. The number of nitrogens with zero attached hydrogens (tertiary/aromatic N) is 2. The highest BCUT2D eigenvalue weighted by molar-refractivity contribution is 6.30. The van der Waals surface area contributed by atoms with Gasteiger partial charge in [0.2, 0.25) is 5.95 Å². The number of ether oxygens (including phenoxy) is 1. The van der Waals surface area contributed by atoms with Crippen LogP contribution >= 0.6 is 11.6 Å². The van der Waals surface area contributed by atoms with E-state index in [4.69, 9.17) is 27.8 Å². The first-order valence-electron chi connectivity index (χ1n) is 6.74. The highest BCUT2D eigenvalue weighted by atomic mass is 35.5. The van der Waals surface area contributed by atoms with Crippen LogP contribution in [0.25, 0.3) is 10.9 Å². The standard InChI is InChI=1S/C16H15ClN4O/c1-9-7-11(17)5-6-13(9)22-8-10-3-2-4-12-14(10)15(18)21-16(19)20-12/h2-7H,8H2,1H3,(H4,18,19,20,21). The third-order valence-electron chi connectivity index (χ3n) is 3.38. The van der Waals surface area contributed by atoms with Crippen LogP contribution in [0.3, 0.4) is 0 Å². The molecule has 4 N–H and O–H groups in total. The zero-order valence-electron chi connectivity index (χ0n) is 12.0. The fourth-order valence-corrected chi connectivity index (χ4v) is 2.58. The van der Waals surface area contributed by atoms with E-state index < -0.39 is 0 Å². The molecule has 0 amide bonds. The van der Waals surface area contributed by atoms with Crippen molar-refractivity contribution >= 4 is 34.3 Å². The van der Waals surface area contributed by atoms with Gasteiger partial charge in [-0.15, -0.1) is 0 Å². The van der Waals surface area contributed by atoms with Crippen molar-refractivity contribution in [3.63, 3.8) is 0 Å². The number of aromatic nitrogens is 2. The van der Waals surface area contributed by atoms with Crippen LogP contribution in [0.5, 0.6) is 5.75 Å². The number of rotatable bonds is 3. The van der Waals surface area contributed by atoms with E-state index in [1.165, 1.54) is 0 Å². The third-order valence-corrected chi connectivity index (χ3v) is 3.61. The number of fused-ring (bicyclic) bond motifs is 1. The average molecular weight is 315 g/mol. The van der Waals surface area contributed by atoms with E-state index in [2.05, 4.69) is 9.97 Å². The lowest BCUT2D eigenvalue weighted by molar-refractivity contribution is 0.305. The molecule has 0 unspecified atom stereocenters. The second-order valence-corrected chi connectivity index (χ2v) is 5.41. The minimum absolute atomic E-state index is 0.164. The number of hydrogen-bond acceptors (Lipinski definition) is 5. The molecule has 6 heteroatoms. The van der Waals surface area contributed by atoms with Crippen LogP contribution in [0.2, 0.25) is 5.02 Å². The normalized spacial score (nSPS) is 10.8. The lowest BCUT2D eigenvalue weighted by Crippen LogP contribution is -2.04. The van der Waals surface area contributed by atoms with Crippen LogP contribution in [0.1, 0.15) is 11.1 Å². The SMILES string of the molecule is Cc1cc(Cl)ccc1OCc1cccc2nc(N)nc(N)c12. The largest absolute Gasteiger partial charge is 0.489 e. The summed E-state index contributed by atoms with van der Waals surface area (Å²) in [5.74, 6) is 1.29. The number of aryl methyl sites for hydroxylation is 1. The molecular formula is C16H15ClN4O. The number of hydrogen-bond donors (Lipinski definition) is 2. The van der Waals surface area contributed by atoms with Crippen LogP contribution in [0.4, 0.5) is 11.8 Å². The predicted octanol–water partition coefficient (Wildman–Crippen LogP) is 3.34. The molecule has 0 saturated heterocycles. The summed E-state index contributed by atoms with van der Waals surface area (Å²) >= 11 is 5.95. The minimum Gasteiger partial charge on any atom is -0.489 e. The van der Waals surface area contributed by atoms with Crippen molar-refractivity contribution in [3.05, 3.63) is 52.5 Å².